The first-order chi connectivity index (χ1) is 58.2. The summed E-state index contributed by atoms with van der Waals surface area (Å²) in [5, 5.41) is 24.8. The maximum atomic E-state index is 14.1. The molecular formula is C86H119Cl4F8N19O8. The second-order valence-electron chi connectivity index (χ2n) is 27.1. The monoisotopic (exact) mass is 1840 g/mol. The van der Waals surface area contributed by atoms with Crippen LogP contribution >= 0.6 is 47.2 Å². The van der Waals surface area contributed by atoms with Crippen LogP contribution in [0.2, 0.25) is 15.7 Å². The highest BCUT2D eigenvalue weighted by Crippen LogP contribution is 2.32. The van der Waals surface area contributed by atoms with Gasteiger partial charge in [-0.05, 0) is 91.3 Å². The van der Waals surface area contributed by atoms with Crippen LogP contribution < -0.4 is 78.7 Å². The van der Waals surface area contributed by atoms with Gasteiger partial charge in [-0.3, -0.25) is 19.2 Å². The number of nitrogens with two attached hydrogens (primary N) is 3. The molecule has 0 aliphatic carbocycles. The van der Waals surface area contributed by atoms with Crippen molar-refractivity contribution < 1.29 is 73.2 Å². The van der Waals surface area contributed by atoms with Crippen molar-refractivity contribution in [2.24, 2.45) is 11.5 Å². The standard InChI is InChI=1S/C25H31F2N5O3.C16H19ClF2N4O.C16H21F2N5O.C9H13NO2.C8H2Cl2F2N2.C8H18N2O.C2H6.2CH4.ClH/c1-5-6-7-17(14-28-15(2)33)30-24-19-11-20(26)21(27)12-22(19)31-25(32-24)29-13-16-8-9-18(34-3)10-23(16)35-4;1-3-4-5-10(8-20-9(2)24)21-15-11-6-12(18)13(19)7-14(11)22-16(17)23-15;1-3-4-5-10(8-20-9(2)24)21-15-11-6-12(17)13(18)7-14(11)22-16(19)23-15;1-11-8-4-3-7(6-10)9(5-8)12-2;9-7-3-1-4(11)5(12)2-6(3)13-8(10)14-7;1-3-4-5-8(9)6-10-7(2)11;1-2;;;/h8-12,17H,5-7,13-14H2,1-4H3,(H,28,33)(H2,29,30,31,32);6-7,10H,3-5,8H2,1-2H3,(H,20,24)(H,21,22,23);6-7,10H,3-5,8H2,1-2H3,(H,20,24)(H3,19,21,22,23);3-5H,6,10H2,1-2H3;1-2H;8H,3-6,9H2,1-2H3,(H,10,11);1-2H3;2*1H4;1H/t17-;2*10-;;;8-;;;;/m111..1..../s1. The van der Waals surface area contributed by atoms with E-state index in [9.17, 15) is 54.3 Å². The van der Waals surface area contributed by atoms with Crippen molar-refractivity contribution in [1.29, 1.82) is 0 Å². The van der Waals surface area contributed by atoms with Crippen molar-refractivity contribution in [2.45, 2.75) is 198 Å². The summed E-state index contributed by atoms with van der Waals surface area (Å²) >= 11 is 17.0. The number of nitrogens with one attached hydrogen (secondary N) is 8. The number of methoxy groups -OCH3 is 4. The third kappa shape index (κ3) is 38.7. The molecule has 4 aromatic heterocycles. The summed E-state index contributed by atoms with van der Waals surface area (Å²) < 4.78 is 128. The molecule has 10 rings (SSSR count). The van der Waals surface area contributed by atoms with E-state index >= 15 is 0 Å². The fourth-order valence-corrected chi connectivity index (χ4v) is 11.9. The van der Waals surface area contributed by atoms with Gasteiger partial charge in [-0.15, -0.1) is 12.4 Å². The van der Waals surface area contributed by atoms with Crippen LogP contribution in [0.3, 0.4) is 0 Å². The number of ether oxygens (including phenoxy) is 4. The molecule has 27 nitrogen and oxygen atoms in total. The molecule has 39 heteroatoms. The van der Waals surface area contributed by atoms with Crippen LogP contribution in [0.1, 0.15) is 172 Å². The maximum Gasteiger partial charge on any atom is 0.225 e. The van der Waals surface area contributed by atoms with Gasteiger partial charge in [0.2, 0.25) is 46.1 Å². The number of hydrogen-bond donors (Lipinski definition) is 11. The fourth-order valence-electron chi connectivity index (χ4n) is 11.3. The summed E-state index contributed by atoms with van der Waals surface area (Å²) in [4.78, 5) is 76.5. The number of fused-ring (bicyclic) bond motifs is 4. The lowest BCUT2D eigenvalue weighted by Crippen LogP contribution is -2.35. The van der Waals surface area contributed by atoms with E-state index in [1.165, 1.54) is 27.7 Å². The number of aromatic nitrogens is 8. The lowest BCUT2D eigenvalue weighted by Gasteiger charge is -2.21. The molecule has 4 amide bonds. The number of nitrogens with zero attached hydrogens (tertiary/aromatic N) is 8. The minimum absolute atomic E-state index is 0. The van der Waals surface area contributed by atoms with Crippen LogP contribution in [0, 0.1) is 46.5 Å². The van der Waals surface area contributed by atoms with E-state index in [2.05, 4.69) is 110 Å². The molecule has 4 heterocycles. The van der Waals surface area contributed by atoms with Gasteiger partial charge in [0.15, 0.2) is 46.5 Å². The number of carbonyl (C=O) groups excluding carboxylic acids is 4. The minimum atomic E-state index is -0.997. The fraction of sp³-hybridized carbons (Fsp3) is 0.442. The molecule has 125 heavy (non-hydrogen) atoms. The average Bonchev–Trinajstić information content (AvgIpc) is 0.817. The number of benzene rings is 6. The number of anilines is 5. The van der Waals surface area contributed by atoms with Gasteiger partial charge in [0.1, 0.15) is 45.6 Å². The number of halogens is 12. The number of amides is 4. The molecule has 690 valence electrons. The molecule has 0 aliphatic heterocycles. The van der Waals surface area contributed by atoms with E-state index < -0.39 is 46.5 Å². The Hall–Kier alpha value is -10.7. The largest absolute Gasteiger partial charge is 0.497 e. The maximum absolute atomic E-state index is 14.1. The number of rotatable bonds is 34. The molecule has 6 aromatic carbocycles. The summed E-state index contributed by atoms with van der Waals surface area (Å²) in [5.41, 5.74) is 19.5. The van der Waals surface area contributed by atoms with Gasteiger partial charge in [0, 0.05) is 160 Å². The van der Waals surface area contributed by atoms with E-state index in [0.717, 1.165) is 148 Å². The smallest absolute Gasteiger partial charge is 0.225 e. The highest BCUT2D eigenvalue weighted by Gasteiger charge is 2.22. The zero-order valence-electron chi connectivity index (χ0n) is 71.3. The molecule has 14 N–H and O–H groups in total. The van der Waals surface area contributed by atoms with Crippen molar-refractivity contribution in [3.63, 3.8) is 0 Å². The van der Waals surface area contributed by atoms with Crippen LogP contribution in [0.4, 0.5) is 64.5 Å². The van der Waals surface area contributed by atoms with Crippen molar-refractivity contribution in [2.75, 3.05) is 81.6 Å². The summed E-state index contributed by atoms with van der Waals surface area (Å²) in [6, 6.07) is 18.8. The van der Waals surface area contributed by atoms with E-state index in [1.807, 2.05) is 44.2 Å². The Balaban J connectivity index is 0.000000777. The van der Waals surface area contributed by atoms with Gasteiger partial charge in [-0.2, -0.15) is 9.97 Å². The molecule has 0 spiro atoms. The summed E-state index contributed by atoms with van der Waals surface area (Å²) in [6.45, 7) is 20.7. The molecule has 0 aliphatic rings. The Kier molecular flexibility index (Phi) is 53.2. The van der Waals surface area contributed by atoms with E-state index in [0.29, 0.717) is 84.4 Å². The van der Waals surface area contributed by atoms with Crippen molar-refractivity contribution in [3.8, 4) is 23.0 Å². The first-order valence-corrected chi connectivity index (χ1v) is 40.6. The zero-order chi connectivity index (χ0) is 90.7. The molecule has 0 unspecified atom stereocenters. The van der Waals surface area contributed by atoms with Crippen molar-refractivity contribution in [3.05, 3.63) is 158 Å². The predicted octanol–water partition coefficient (Wildman–Crippen LogP) is 18.6. The molecular weight excluding hydrogens is 1720 g/mol. The average molecular weight is 1840 g/mol. The zero-order valence-corrected chi connectivity index (χ0v) is 74.3. The van der Waals surface area contributed by atoms with Crippen molar-refractivity contribution in [1.82, 2.24) is 61.1 Å². The topological polar surface area (TPSA) is 383 Å². The quantitative estimate of drug-likeness (QED) is 0.0101. The Morgan fingerprint density at radius 2 is 0.744 bits per heavy atom. The van der Waals surface area contributed by atoms with Crippen LogP contribution in [-0.2, 0) is 32.3 Å². The second kappa shape index (κ2) is 59.2. The van der Waals surface area contributed by atoms with Gasteiger partial charge in [0.25, 0.3) is 0 Å². The molecule has 0 bridgehead atoms. The number of carbonyl (C=O) groups is 4. The molecule has 0 fully saturated rings. The summed E-state index contributed by atoms with van der Waals surface area (Å²) in [5.74, 6) is -4.33. The lowest BCUT2D eigenvalue weighted by molar-refractivity contribution is -0.119. The van der Waals surface area contributed by atoms with Crippen LogP contribution in [-0.4, -0.2) is 142 Å². The Bertz CT molecular complexity index is 4910. The minimum Gasteiger partial charge on any atom is -0.497 e. The SMILES string of the molecule is C.C.CC.CCCC[C@@H](N)CNC(C)=O.CCCC[C@H](CNC(C)=O)Nc1nc(Cl)nc2cc(F)c(F)cc12.CCCC[C@H](CNC(C)=O)Nc1nc(N)nc2cc(F)c(F)cc12.CCCC[C@H](CNC(C)=O)Nc1nc(NCc2ccc(OC)cc2OC)nc2cc(F)c(F)cc12.COc1ccc(CN)c(OC)c1.Cl.Fc1cc2nc(Cl)nc(Cl)c2cc1F. The number of nitrogen functional groups attached to an aromatic ring is 1. The Morgan fingerprint density at radius 3 is 1.13 bits per heavy atom. The van der Waals surface area contributed by atoms with Gasteiger partial charge in [-0.25, -0.2) is 65.0 Å². The first-order valence-electron chi connectivity index (χ1n) is 39.5. The third-order valence-electron chi connectivity index (χ3n) is 17.6. The molecule has 0 radical (unpaired) electrons. The molecule has 4 atom stereocenters. The lowest BCUT2D eigenvalue weighted by atomic mass is 10.1. The Morgan fingerprint density at radius 1 is 0.416 bits per heavy atom. The van der Waals surface area contributed by atoms with Crippen LogP contribution in [0.5, 0.6) is 23.0 Å². The number of unbranched alkanes of at least 4 members (excludes halogenated alkanes) is 4. The summed E-state index contributed by atoms with van der Waals surface area (Å²) in [6.07, 6.45) is 11.4. The highest BCUT2D eigenvalue weighted by atomic mass is 35.5. The molecule has 0 saturated carbocycles. The van der Waals surface area contributed by atoms with E-state index in [4.69, 9.17) is 71.0 Å². The van der Waals surface area contributed by atoms with Crippen LogP contribution in [0.25, 0.3) is 43.6 Å². The van der Waals surface area contributed by atoms with Gasteiger partial charge in [0.05, 0.1) is 50.5 Å². The van der Waals surface area contributed by atoms with Gasteiger partial charge >= 0.3 is 0 Å². The highest BCUT2D eigenvalue weighted by molar-refractivity contribution is 6.35. The summed E-state index contributed by atoms with van der Waals surface area (Å²) in [7, 11) is 6.38. The second-order valence-corrected chi connectivity index (χ2v) is 28.1. The third-order valence-corrected chi connectivity index (χ3v) is 18.2. The normalized spacial score (nSPS) is 11.3. The van der Waals surface area contributed by atoms with Gasteiger partial charge in [-0.1, -0.05) is 125 Å². The molecule has 10 aromatic rings. The first kappa shape index (κ1) is 112. The molecule has 0 saturated heterocycles. The number of hydrogen-bond acceptors (Lipinski definition) is 23. The van der Waals surface area contributed by atoms with E-state index in [-0.39, 0.29) is 130 Å². The predicted molar refractivity (Wildman–Crippen MR) is 487 cm³/mol. The van der Waals surface area contributed by atoms with Gasteiger partial charge < -0.3 is 78.7 Å². The van der Waals surface area contributed by atoms with Crippen LogP contribution in [0.15, 0.2) is 84.9 Å². The van der Waals surface area contributed by atoms with E-state index in [1.54, 1.807) is 34.5 Å². The van der Waals surface area contributed by atoms with Crippen molar-refractivity contribution >= 4 is 144 Å². The Labute approximate surface area is 746 Å².